The lowest BCUT2D eigenvalue weighted by atomic mass is 9.53. The molecule has 4 rings (SSSR count). The number of aliphatic hydroxyl groups is 1. The summed E-state index contributed by atoms with van der Waals surface area (Å²) in [6.45, 7) is 2.39. The van der Waals surface area contributed by atoms with E-state index >= 15 is 0 Å². The van der Waals surface area contributed by atoms with Crippen LogP contribution in [0.15, 0.2) is 0 Å². The third-order valence-corrected chi connectivity index (χ3v) is 9.07. The minimum absolute atomic E-state index is 0.171. The second kappa shape index (κ2) is 7.24. The van der Waals surface area contributed by atoms with E-state index < -0.39 is 5.92 Å². The lowest BCUT2D eigenvalue weighted by Gasteiger charge is -2.53. The van der Waals surface area contributed by atoms with Gasteiger partial charge in [-0.15, -0.1) is 8.58 Å². The quantitative estimate of drug-likeness (QED) is 0.650. The molecule has 0 amide bonds. The number of rotatable bonds is 1. The molecule has 0 saturated heterocycles. The van der Waals surface area contributed by atoms with Gasteiger partial charge in [-0.05, 0) is 92.8 Å². The van der Waals surface area contributed by atoms with Crippen molar-refractivity contribution in [3.05, 3.63) is 0 Å². The van der Waals surface area contributed by atoms with Gasteiger partial charge < -0.3 is 5.11 Å². The maximum absolute atomic E-state index is 13.7. The number of fused-ring (bicyclic) bond motifs is 5. The van der Waals surface area contributed by atoms with E-state index in [1.807, 2.05) is 0 Å². The van der Waals surface area contributed by atoms with Gasteiger partial charge in [0, 0.05) is 20.0 Å². The van der Waals surface area contributed by atoms with Gasteiger partial charge in [-0.25, -0.2) is 8.78 Å². The molecule has 1 nitrogen and oxygen atoms in total. The first-order valence-corrected chi connectivity index (χ1v) is 11.2. The van der Waals surface area contributed by atoms with Gasteiger partial charge in [0.1, 0.15) is 0 Å². The Morgan fingerprint density at radius 2 is 1.35 bits per heavy atom. The van der Waals surface area contributed by atoms with Gasteiger partial charge in [-0.2, -0.15) is 0 Å². The molecular formula is C19H33F2OP. The van der Waals surface area contributed by atoms with Crippen LogP contribution in [0.25, 0.3) is 0 Å². The monoisotopic (exact) mass is 346 g/mol. The highest BCUT2D eigenvalue weighted by Gasteiger charge is 2.53. The normalized spacial score (nSPS) is 48.1. The predicted octanol–water partition coefficient (Wildman–Crippen LogP) is 5.17. The second-order valence-electron chi connectivity index (χ2n) is 8.31. The van der Waals surface area contributed by atoms with Gasteiger partial charge >= 0.3 is 0 Å². The van der Waals surface area contributed by atoms with Crippen molar-refractivity contribution in [1.29, 1.82) is 0 Å². The van der Waals surface area contributed by atoms with E-state index in [4.69, 9.17) is 5.11 Å². The fraction of sp³-hybridized carbons (Fsp3) is 1.00. The first-order valence-electron chi connectivity index (χ1n) is 9.59. The fourth-order valence-corrected chi connectivity index (χ4v) is 8.11. The Morgan fingerprint density at radius 3 is 2.09 bits per heavy atom. The lowest BCUT2D eigenvalue weighted by molar-refractivity contribution is -0.110. The van der Waals surface area contributed by atoms with Gasteiger partial charge in [-0.3, -0.25) is 0 Å². The van der Waals surface area contributed by atoms with Crippen LogP contribution in [0.4, 0.5) is 8.78 Å². The molecular weight excluding hydrogens is 313 g/mol. The minimum Gasteiger partial charge on any atom is -0.400 e. The molecule has 4 fully saturated rings. The van der Waals surface area contributed by atoms with E-state index in [9.17, 15) is 8.78 Å². The van der Waals surface area contributed by atoms with Crippen molar-refractivity contribution in [2.45, 2.75) is 69.4 Å². The average molecular weight is 346 g/mol. The predicted molar refractivity (Wildman–Crippen MR) is 93.6 cm³/mol. The molecule has 0 aromatic heterocycles. The Morgan fingerprint density at radius 1 is 0.783 bits per heavy atom. The summed E-state index contributed by atoms with van der Waals surface area (Å²) in [5.41, 5.74) is 1.00. The van der Waals surface area contributed by atoms with Crippen molar-refractivity contribution in [1.82, 2.24) is 0 Å². The maximum atomic E-state index is 13.7. The molecule has 0 heterocycles. The molecule has 0 radical (unpaired) electrons. The van der Waals surface area contributed by atoms with Crippen molar-refractivity contribution in [3.8, 4) is 0 Å². The average Bonchev–Trinajstić information content (AvgIpc) is 2.98. The maximum Gasteiger partial charge on any atom is 0.248 e. The Balaban J connectivity index is 0.000000753. The van der Waals surface area contributed by atoms with Crippen molar-refractivity contribution in [2.24, 2.45) is 35.5 Å². The number of hydrogen-bond acceptors (Lipinski definition) is 1. The van der Waals surface area contributed by atoms with Crippen molar-refractivity contribution in [2.75, 3.05) is 13.8 Å². The summed E-state index contributed by atoms with van der Waals surface area (Å²) >= 11 is 0. The molecule has 0 bridgehead atoms. The van der Waals surface area contributed by atoms with Crippen LogP contribution in [0.2, 0.25) is 0 Å². The van der Waals surface area contributed by atoms with Crippen LogP contribution >= 0.6 is 8.58 Å². The van der Waals surface area contributed by atoms with Crippen LogP contribution in [0, 0.1) is 35.5 Å². The number of hydrogen-bond donors (Lipinski definition) is 1. The molecule has 4 aliphatic rings. The van der Waals surface area contributed by atoms with Gasteiger partial charge in [0.05, 0.1) is 0 Å². The Hall–Kier alpha value is 0.250. The van der Waals surface area contributed by atoms with E-state index in [1.54, 1.807) is 0 Å². The van der Waals surface area contributed by atoms with Crippen LogP contribution in [0.1, 0.15) is 57.8 Å². The third kappa shape index (κ3) is 3.34. The van der Waals surface area contributed by atoms with E-state index in [-0.39, 0.29) is 12.8 Å². The van der Waals surface area contributed by atoms with E-state index in [0.29, 0.717) is 11.8 Å². The number of alkyl halides is 2. The summed E-state index contributed by atoms with van der Waals surface area (Å²) < 4.78 is 27.4. The minimum atomic E-state index is -2.35. The van der Waals surface area contributed by atoms with Crippen molar-refractivity contribution in [3.63, 3.8) is 0 Å². The summed E-state index contributed by atoms with van der Waals surface area (Å²) in [5.74, 6) is 2.30. The van der Waals surface area contributed by atoms with E-state index in [0.717, 1.165) is 57.9 Å². The standard InChI is InChI=1S/C18H29F2P.CH4O/c1-21-17-7-6-15-14-3-2-11-10-18(19,20)9-8-12(11)13(14)4-5-16(15)17;1-2/h11-17,21H,2-10H2,1H3;2H,1H3/t11?,12?,13?,14?,15-,16?,17+;/m0./s1. The van der Waals surface area contributed by atoms with Gasteiger partial charge in [-0.1, -0.05) is 0 Å². The summed E-state index contributed by atoms with van der Waals surface area (Å²) in [6.07, 6.45) is 9.24. The van der Waals surface area contributed by atoms with Gasteiger partial charge in [0.2, 0.25) is 5.92 Å². The molecule has 8 atom stereocenters. The lowest BCUT2D eigenvalue weighted by Crippen LogP contribution is -2.47. The van der Waals surface area contributed by atoms with Crippen LogP contribution in [-0.2, 0) is 0 Å². The van der Waals surface area contributed by atoms with E-state index in [1.165, 1.54) is 32.1 Å². The molecule has 4 saturated carbocycles. The molecule has 0 aromatic rings. The zero-order chi connectivity index (χ0) is 16.6. The summed E-state index contributed by atoms with van der Waals surface area (Å²) in [7, 11) is 2.12. The van der Waals surface area contributed by atoms with E-state index in [2.05, 4.69) is 6.66 Å². The highest BCUT2D eigenvalue weighted by Crippen LogP contribution is 2.60. The molecule has 0 spiro atoms. The van der Waals surface area contributed by atoms with Crippen LogP contribution in [0.3, 0.4) is 0 Å². The van der Waals surface area contributed by atoms with Crippen molar-refractivity contribution >= 4 is 8.58 Å². The van der Waals surface area contributed by atoms with Crippen LogP contribution in [-0.4, -0.2) is 30.5 Å². The molecule has 23 heavy (non-hydrogen) atoms. The molecule has 1 N–H and O–H groups in total. The third-order valence-electron chi connectivity index (χ3n) is 7.61. The summed E-state index contributed by atoms with van der Waals surface area (Å²) in [6, 6.07) is 0. The van der Waals surface area contributed by atoms with Crippen LogP contribution < -0.4 is 0 Å². The highest BCUT2D eigenvalue weighted by molar-refractivity contribution is 7.37. The Labute approximate surface area is 141 Å². The fourth-order valence-electron chi connectivity index (χ4n) is 6.82. The molecule has 0 aromatic carbocycles. The molecule has 4 heteroatoms. The Bertz CT molecular complexity index is 403. The smallest absolute Gasteiger partial charge is 0.248 e. The molecule has 4 aliphatic carbocycles. The number of aliphatic hydroxyl groups excluding tert-OH is 1. The summed E-state index contributed by atoms with van der Waals surface area (Å²) in [5, 5.41) is 7.00. The molecule has 134 valence electrons. The Kier molecular flexibility index (Phi) is 5.68. The zero-order valence-corrected chi connectivity index (χ0v) is 15.6. The van der Waals surface area contributed by atoms with Crippen LogP contribution in [0.5, 0.6) is 0 Å². The largest absolute Gasteiger partial charge is 0.400 e. The summed E-state index contributed by atoms with van der Waals surface area (Å²) in [4.78, 5) is 0. The molecule has 6 unspecified atom stereocenters. The molecule has 0 aliphatic heterocycles. The topological polar surface area (TPSA) is 20.2 Å². The first kappa shape index (κ1) is 18.1. The first-order chi connectivity index (χ1) is 11.1. The van der Waals surface area contributed by atoms with Gasteiger partial charge in [0.15, 0.2) is 0 Å². The van der Waals surface area contributed by atoms with Crippen molar-refractivity contribution < 1.29 is 13.9 Å². The highest BCUT2D eigenvalue weighted by atomic mass is 31.1. The van der Waals surface area contributed by atoms with Gasteiger partial charge in [0.25, 0.3) is 0 Å². The zero-order valence-electron chi connectivity index (χ0n) is 14.6. The second-order valence-corrected chi connectivity index (χ2v) is 9.62. The number of halogens is 2. The SMILES string of the molecule is CO.CP[C@@H]1CC[C@H]2C3CCC4CC(F)(F)CCC4C3CCC21.